The van der Waals surface area contributed by atoms with Gasteiger partial charge in [0.1, 0.15) is 5.84 Å². The average Bonchev–Trinajstić information content (AvgIpc) is 2.74. The predicted octanol–water partition coefficient (Wildman–Crippen LogP) is 0.908. The number of amides is 2. The molecule has 2 amide bonds. The molecule has 1 N–H and O–H groups in total. The largest absolute Gasteiger partial charge is 0.452 e. The van der Waals surface area contributed by atoms with Crippen molar-refractivity contribution in [3.63, 3.8) is 0 Å². The Hall–Kier alpha value is -1.79. The van der Waals surface area contributed by atoms with Crippen LogP contribution in [0.2, 0.25) is 0 Å². The molecule has 0 aliphatic carbocycles. The topological polar surface area (TPSA) is 80.2 Å². The van der Waals surface area contributed by atoms with Crippen LogP contribution in [0.4, 0.5) is 9.59 Å². The van der Waals surface area contributed by atoms with E-state index >= 15 is 0 Å². The fourth-order valence-corrected chi connectivity index (χ4v) is 1.36. The van der Waals surface area contributed by atoms with E-state index in [-0.39, 0.29) is 6.61 Å². The normalized spacial score (nSPS) is 17.4. The van der Waals surface area contributed by atoms with Crippen LogP contribution in [0.25, 0.3) is 0 Å². The van der Waals surface area contributed by atoms with Crippen molar-refractivity contribution < 1.29 is 19.1 Å². The number of amidine groups is 1. The average molecular weight is 229 g/mol. The van der Waals surface area contributed by atoms with E-state index in [4.69, 9.17) is 0 Å². The smallest absolute Gasteiger partial charge is 0.427 e. The highest BCUT2D eigenvalue weighted by atomic mass is 16.6. The van der Waals surface area contributed by atoms with Crippen LogP contribution < -0.4 is 5.43 Å². The minimum atomic E-state index is -0.633. The van der Waals surface area contributed by atoms with Gasteiger partial charge in [0.05, 0.1) is 13.7 Å². The van der Waals surface area contributed by atoms with Gasteiger partial charge in [-0.05, 0) is 13.3 Å². The van der Waals surface area contributed by atoms with Crippen molar-refractivity contribution in [2.75, 3.05) is 20.3 Å². The van der Waals surface area contributed by atoms with Gasteiger partial charge in [0.15, 0.2) is 0 Å². The standard InChI is InChI=1S/C9H15N3O4/c1-3-16-8(13)11-10-7-5-4-6-12(7)9(14)15-2/h3-6H2,1-2H3,(H,11,13). The maximum atomic E-state index is 11.3. The summed E-state index contributed by atoms with van der Waals surface area (Å²) in [5, 5.41) is 3.81. The Morgan fingerprint density at radius 3 is 2.94 bits per heavy atom. The third-order valence-electron chi connectivity index (χ3n) is 2.04. The Morgan fingerprint density at radius 2 is 2.31 bits per heavy atom. The zero-order chi connectivity index (χ0) is 12.0. The van der Waals surface area contributed by atoms with Crippen molar-refractivity contribution >= 4 is 18.0 Å². The molecule has 1 aliphatic rings. The van der Waals surface area contributed by atoms with E-state index in [2.05, 4.69) is 20.0 Å². The molecule has 1 rings (SSSR count). The maximum absolute atomic E-state index is 11.3. The molecule has 1 aliphatic heterocycles. The minimum absolute atomic E-state index is 0.275. The monoisotopic (exact) mass is 229 g/mol. The number of hydrogen-bond acceptors (Lipinski definition) is 5. The Balaban J connectivity index is 2.54. The number of methoxy groups -OCH3 is 1. The van der Waals surface area contributed by atoms with E-state index in [0.717, 1.165) is 6.42 Å². The van der Waals surface area contributed by atoms with Gasteiger partial charge in [-0.1, -0.05) is 0 Å². The summed E-state index contributed by atoms with van der Waals surface area (Å²) in [6.07, 6.45) is 0.327. The summed E-state index contributed by atoms with van der Waals surface area (Å²) >= 11 is 0. The van der Waals surface area contributed by atoms with E-state index in [0.29, 0.717) is 18.8 Å². The van der Waals surface area contributed by atoms with Gasteiger partial charge in [0.25, 0.3) is 0 Å². The molecule has 0 aromatic carbocycles. The molecular formula is C9H15N3O4. The number of nitrogens with one attached hydrogen (secondary N) is 1. The Kier molecular flexibility index (Phi) is 4.56. The molecule has 0 saturated carbocycles. The van der Waals surface area contributed by atoms with Gasteiger partial charge in [-0.2, -0.15) is 5.10 Å². The molecule has 0 bridgehead atoms. The molecular weight excluding hydrogens is 214 g/mol. The highest BCUT2D eigenvalue weighted by Gasteiger charge is 2.25. The maximum Gasteiger partial charge on any atom is 0.427 e. The van der Waals surface area contributed by atoms with Gasteiger partial charge in [-0.3, -0.25) is 4.90 Å². The first kappa shape index (κ1) is 12.3. The first-order valence-corrected chi connectivity index (χ1v) is 5.03. The number of ether oxygens (including phenoxy) is 2. The highest BCUT2D eigenvalue weighted by Crippen LogP contribution is 2.12. The number of likely N-dealkylation sites (tertiary alicyclic amines) is 1. The van der Waals surface area contributed by atoms with Gasteiger partial charge in [-0.15, -0.1) is 0 Å². The van der Waals surface area contributed by atoms with E-state index in [9.17, 15) is 9.59 Å². The molecule has 90 valence electrons. The van der Waals surface area contributed by atoms with Crippen LogP contribution in [-0.4, -0.2) is 43.2 Å². The number of carbonyl (C=O) groups is 2. The molecule has 1 saturated heterocycles. The van der Waals surface area contributed by atoms with Crippen LogP contribution >= 0.6 is 0 Å². The molecule has 0 atom stereocenters. The van der Waals surface area contributed by atoms with Crippen molar-refractivity contribution in [3.8, 4) is 0 Å². The van der Waals surface area contributed by atoms with Crippen LogP contribution in [0.15, 0.2) is 5.10 Å². The zero-order valence-corrected chi connectivity index (χ0v) is 9.36. The molecule has 0 aromatic rings. The Morgan fingerprint density at radius 1 is 1.56 bits per heavy atom. The van der Waals surface area contributed by atoms with Crippen molar-refractivity contribution in [2.24, 2.45) is 5.10 Å². The van der Waals surface area contributed by atoms with Crippen molar-refractivity contribution in [2.45, 2.75) is 19.8 Å². The molecule has 7 heteroatoms. The second-order valence-corrected chi connectivity index (χ2v) is 3.09. The Labute approximate surface area is 93.4 Å². The first-order valence-electron chi connectivity index (χ1n) is 5.03. The highest BCUT2D eigenvalue weighted by molar-refractivity contribution is 5.97. The van der Waals surface area contributed by atoms with Gasteiger partial charge in [-0.25, -0.2) is 15.0 Å². The summed E-state index contributed by atoms with van der Waals surface area (Å²) in [5.74, 6) is 0.486. The molecule has 1 fully saturated rings. The van der Waals surface area contributed by atoms with Gasteiger partial charge in [0.2, 0.25) is 0 Å². The summed E-state index contributed by atoms with van der Waals surface area (Å²) in [7, 11) is 1.30. The zero-order valence-electron chi connectivity index (χ0n) is 9.36. The summed E-state index contributed by atoms with van der Waals surface area (Å²) in [6.45, 7) is 2.52. The third-order valence-corrected chi connectivity index (χ3v) is 2.04. The van der Waals surface area contributed by atoms with Gasteiger partial charge >= 0.3 is 12.2 Å². The SMILES string of the molecule is CCOC(=O)NN=C1CCCN1C(=O)OC. The van der Waals surface area contributed by atoms with E-state index < -0.39 is 12.2 Å². The van der Waals surface area contributed by atoms with E-state index in [1.807, 2.05) is 0 Å². The van der Waals surface area contributed by atoms with Gasteiger partial charge < -0.3 is 9.47 Å². The van der Waals surface area contributed by atoms with Crippen molar-refractivity contribution in [3.05, 3.63) is 0 Å². The number of nitrogens with zero attached hydrogens (tertiary/aromatic N) is 2. The summed E-state index contributed by atoms with van der Waals surface area (Å²) < 4.78 is 9.21. The fraction of sp³-hybridized carbons (Fsp3) is 0.667. The number of rotatable bonds is 2. The van der Waals surface area contributed by atoms with Crippen LogP contribution in [0, 0.1) is 0 Å². The summed E-state index contributed by atoms with van der Waals surface area (Å²) in [4.78, 5) is 23.6. The van der Waals surface area contributed by atoms with Crippen LogP contribution in [0.1, 0.15) is 19.8 Å². The van der Waals surface area contributed by atoms with Crippen LogP contribution in [0.3, 0.4) is 0 Å². The molecule has 0 aromatic heterocycles. The van der Waals surface area contributed by atoms with E-state index in [1.54, 1.807) is 6.92 Å². The van der Waals surface area contributed by atoms with Crippen molar-refractivity contribution in [1.29, 1.82) is 0 Å². The molecule has 1 heterocycles. The molecule has 16 heavy (non-hydrogen) atoms. The Bertz CT molecular complexity index is 303. The lowest BCUT2D eigenvalue weighted by atomic mass is 10.4. The predicted molar refractivity (Wildman–Crippen MR) is 55.9 cm³/mol. The number of hydrazone groups is 1. The van der Waals surface area contributed by atoms with Gasteiger partial charge in [0, 0.05) is 13.0 Å². The summed E-state index contributed by atoms with van der Waals surface area (Å²) in [6, 6.07) is 0. The van der Waals surface area contributed by atoms with Crippen LogP contribution in [-0.2, 0) is 9.47 Å². The molecule has 0 radical (unpaired) electrons. The van der Waals surface area contributed by atoms with Crippen LogP contribution in [0.5, 0.6) is 0 Å². The fourth-order valence-electron chi connectivity index (χ4n) is 1.36. The number of carbonyl (C=O) groups excluding carboxylic acids is 2. The third kappa shape index (κ3) is 3.11. The second kappa shape index (κ2) is 5.94. The number of hydrogen-bond donors (Lipinski definition) is 1. The van der Waals surface area contributed by atoms with Crippen molar-refractivity contribution in [1.82, 2.24) is 10.3 Å². The minimum Gasteiger partial charge on any atom is -0.452 e. The first-order chi connectivity index (χ1) is 7.69. The second-order valence-electron chi connectivity index (χ2n) is 3.09. The lowest BCUT2D eigenvalue weighted by Gasteiger charge is -2.14. The lowest BCUT2D eigenvalue weighted by Crippen LogP contribution is -2.34. The molecule has 7 nitrogen and oxygen atoms in total. The lowest BCUT2D eigenvalue weighted by molar-refractivity contribution is 0.146. The quantitative estimate of drug-likeness (QED) is 0.713. The molecule has 0 unspecified atom stereocenters. The molecule has 0 spiro atoms. The summed E-state index contributed by atoms with van der Waals surface area (Å²) in [5.41, 5.74) is 2.21. The van der Waals surface area contributed by atoms with E-state index in [1.165, 1.54) is 12.0 Å².